The Labute approximate surface area is 189 Å². The van der Waals surface area contributed by atoms with Gasteiger partial charge in [0.2, 0.25) is 0 Å². The molecule has 1 amide bonds. The lowest BCUT2D eigenvalue weighted by molar-refractivity contribution is -0.149. The Bertz CT molecular complexity index is 476. The van der Waals surface area contributed by atoms with Crippen LogP contribution < -0.4 is 11.1 Å². The van der Waals surface area contributed by atoms with Gasteiger partial charge in [0.1, 0.15) is 17.7 Å². The molecule has 0 rings (SSSR count). The van der Waals surface area contributed by atoms with Crippen LogP contribution in [0.2, 0.25) is 0 Å². The first-order valence-electron chi connectivity index (χ1n) is 9.00. The number of carbonyl (C=O) groups is 3. The van der Waals surface area contributed by atoms with Gasteiger partial charge >= 0.3 is 18.0 Å². The van der Waals surface area contributed by atoms with E-state index in [9.17, 15) is 14.4 Å². The second-order valence-corrected chi connectivity index (χ2v) is 9.16. The van der Waals surface area contributed by atoms with E-state index in [1.54, 1.807) is 32.5 Å². The number of amides is 1. The topological polar surface area (TPSA) is 128 Å². The van der Waals surface area contributed by atoms with Crippen molar-refractivity contribution in [3.63, 3.8) is 0 Å². The van der Waals surface area contributed by atoms with E-state index >= 15 is 0 Å². The van der Waals surface area contributed by atoms with Gasteiger partial charge in [-0.3, -0.25) is 4.79 Å². The average molecular weight is 477 g/mol. The van der Waals surface area contributed by atoms with Crippen molar-refractivity contribution in [1.82, 2.24) is 5.32 Å². The molecule has 174 valence electrons. The molecule has 11 heteroatoms. The van der Waals surface area contributed by atoms with E-state index in [0.29, 0.717) is 18.6 Å². The van der Waals surface area contributed by atoms with Crippen molar-refractivity contribution in [1.29, 1.82) is 0 Å². The molecule has 0 bridgehead atoms. The maximum Gasteiger partial charge on any atom is 0.408 e. The number of alkyl carbamates (subject to hydrolysis) is 1. The van der Waals surface area contributed by atoms with Gasteiger partial charge in [-0.2, -0.15) is 23.5 Å². The summed E-state index contributed by atoms with van der Waals surface area (Å²) in [4.78, 5) is 33.3. The zero-order chi connectivity index (χ0) is 22.3. The van der Waals surface area contributed by atoms with E-state index in [-0.39, 0.29) is 24.5 Å². The predicted octanol–water partition coefficient (Wildman–Crippen LogP) is 3.16. The van der Waals surface area contributed by atoms with Crippen LogP contribution in [0, 0.1) is 0 Å². The lowest BCUT2D eigenvalue weighted by Crippen LogP contribution is -2.43. The number of carbonyl (C=O) groups excluding carboxylic acids is 2. The lowest BCUT2D eigenvalue weighted by Gasteiger charge is -2.21. The number of halogens is 1. The van der Waals surface area contributed by atoms with Gasteiger partial charge in [-0.25, -0.2) is 9.59 Å². The fourth-order valence-corrected chi connectivity index (χ4v) is 2.59. The lowest BCUT2D eigenvalue weighted by atomic mass is 10.2. The summed E-state index contributed by atoms with van der Waals surface area (Å²) in [7, 11) is 0. The molecule has 8 nitrogen and oxygen atoms in total. The molecule has 0 aliphatic heterocycles. The maximum absolute atomic E-state index is 11.3. The normalized spacial score (nSPS) is 12.6. The smallest absolute Gasteiger partial charge is 0.408 e. The molecule has 0 aromatic carbocycles. The summed E-state index contributed by atoms with van der Waals surface area (Å²) in [5, 5.41) is 11.2. The number of rotatable bonds is 10. The minimum Gasteiger partial charge on any atom is -0.480 e. The molecule has 0 aromatic rings. The Morgan fingerprint density at radius 2 is 1.55 bits per heavy atom. The molecule has 4 N–H and O–H groups in total. The summed E-state index contributed by atoms with van der Waals surface area (Å²) in [6, 6.07) is -1.35. The number of nitrogens with one attached hydrogen (secondary N) is 1. The maximum atomic E-state index is 11.3. The van der Waals surface area contributed by atoms with Crippen LogP contribution in [0.25, 0.3) is 0 Å². The van der Waals surface area contributed by atoms with E-state index in [2.05, 4.69) is 5.32 Å². The van der Waals surface area contributed by atoms with Crippen molar-refractivity contribution in [3.8, 4) is 0 Å². The zero-order valence-corrected chi connectivity index (χ0v) is 20.8. The third-order valence-electron chi connectivity index (χ3n) is 2.89. The van der Waals surface area contributed by atoms with E-state index < -0.39 is 29.7 Å². The van der Waals surface area contributed by atoms with Gasteiger partial charge in [0.25, 0.3) is 0 Å². The molecule has 0 fully saturated rings. The van der Waals surface area contributed by atoms with Crippen molar-refractivity contribution < 1.29 is 29.0 Å². The van der Waals surface area contributed by atoms with E-state index in [0.717, 1.165) is 5.75 Å². The van der Waals surface area contributed by atoms with Crippen LogP contribution in [0.4, 0.5) is 4.79 Å². The molecule has 29 heavy (non-hydrogen) atoms. The fraction of sp³-hybridized carbons (Fsp3) is 0.833. The summed E-state index contributed by atoms with van der Waals surface area (Å²) in [6.45, 7) is 8.82. The number of carboxylic acids is 1. The highest BCUT2D eigenvalue weighted by molar-refractivity contribution is 7.98. The molecule has 0 radical (unpaired) electrons. The molecule has 0 aliphatic carbocycles. The largest absolute Gasteiger partial charge is 0.480 e. The molecule has 0 heterocycles. The first kappa shape index (κ1) is 32.8. The minimum atomic E-state index is -1.04. The third-order valence-corrected chi connectivity index (χ3v) is 4.18. The van der Waals surface area contributed by atoms with Gasteiger partial charge in [0, 0.05) is 0 Å². The highest BCUT2D eigenvalue weighted by Gasteiger charge is 2.23. The molecule has 0 aliphatic rings. The second-order valence-electron chi connectivity index (χ2n) is 7.19. The summed E-state index contributed by atoms with van der Waals surface area (Å²) in [5.74, 6) is 0.236. The third kappa shape index (κ3) is 21.7. The van der Waals surface area contributed by atoms with Gasteiger partial charge in [0.15, 0.2) is 0 Å². The Morgan fingerprint density at radius 3 is 1.93 bits per heavy atom. The molecular formula is C18H37ClN2O6S2. The van der Waals surface area contributed by atoms with Crippen LogP contribution in [-0.2, 0) is 19.1 Å². The highest BCUT2D eigenvalue weighted by Crippen LogP contribution is 2.08. The summed E-state index contributed by atoms with van der Waals surface area (Å²) >= 11 is 3.21. The number of hydrogen-bond donors (Lipinski definition) is 3. The minimum absolute atomic E-state index is 0. The number of nitrogens with two attached hydrogens (primary N) is 1. The van der Waals surface area contributed by atoms with Gasteiger partial charge < -0.3 is 25.6 Å². The molecule has 2 atom stereocenters. The predicted molar refractivity (Wildman–Crippen MR) is 123 cm³/mol. The van der Waals surface area contributed by atoms with Crippen molar-refractivity contribution in [2.45, 2.75) is 71.2 Å². The van der Waals surface area contributed by atoms with Crippen LogP contribution in [0.1, 0.15) is 47.5 Å². The Morgan fingerprint density at radius 1 is 1.07 bits per heavy atom. The van der Waals surface area contributed by atoms with Crippen molar-refractivity contribution >= 4 is 54.0 Å². The first-order valence-corrected chi connectivity index (χ1v) is 11.8. The van der Waals surface area contributed by atoms with Crippen molar-refractivity contribution in [2.75, 3.05) is 24.0 Å². The van der Waals surface area contributed by atoms with Gasteiger partial charge in [-0.1, -0.05) is 0 Å². The quantitative estimate of drug-likeness (QED) is 0.407. The number of thioether (sulfide) groups is 2. The van der Waals surface area contributed by atoms with E-state index in [1.165, 1.54) is 11.8 Å². The van der Waals surface area contributed by atoms with Crippen molar-refractivity contribution in [3.05, 3.63) is 0 Å². The van der Waals surface area contributed by atoms with Crippen LogP contribution in [0.5, 0.6) is 0 Å². The molecule has 0 saturated heterocycles. The van der Waals surface area contributed by atoms with Crippen LogP contribution in [-0.4, -0.2) is 70.9 Å². The van der Waals surface area contributed by atoms with Gasteiger partial charge in [0.05, 0.1) is 6.10 Å². The Balaban J connectivity index is -0.000000468. The average Bonchev–Trinajstić information content (AvgIpc) is 2.54. The summed E-state index contributed by atoms with van der Waals surface area (Å²) < 4.78 is 9.91. The second kappa shape index (κ2) is 18.0. The number of hydrogen-bond acceptors (Lipinski definition) is 8. The summed E-state index contributed by atoms with van der Waals surface area (Å²) in [6.07, 6.45) is 4.17. The van der Waals surface area contributed by atoms with Gasteiger partial charge in [-0.15, -0.1) is 12.4 Å². The van der Waals surface area contributed by atoms with Gasteiger partial charge in [-0.05, 0) is 71.5 Å². The monoisotopic (exact) mass is 476 g/mol. The molecule has 0 spiro atoms. The SMILES string of the molecule is CSCC[C@H](N)C(=O)OC(C)C.CSCC[C@H](NC(=O)OC(C)(C)C)C(=O)O.Cl. The molecule has 0 aromatic heterocycles. The van der Waals surface area contributed by atoms with Crippen LogP contribution in [0.3, 0.4) is 0 Å². The number of esters is 1. The Hall–Kier alpha value is -0.840. The molecular weight excluding hydrogens is 440 g/mol. The fourth-order valence-electron chi connectivity index (χ4n) is 1.63. The van der Waals surface area contributed by atoms with Crippen LogP contribution >= 0.6 is 35.9 Å². The number of carboxylic acid groups (broad SMARTS) is 1. The number of ether oxygens (including phenoxy) is 2. The molecule has 0 unspecified atom stereocenters. The zero-order valence-electron chi connectivity index (χ0n) is 18.4. The van der Waals surface area contributed by atoms with Crippen LogP contribution in [0.15, 0.2) is 0 Å². The standard InChI is InChI=1S/C10H19NO4S.C8H17NO2S.ClH/c1-10(2,3)15-9(14)11-7(8(12)13)5-6-16-4;1-6(2)11-8(10)7(9)4-5-12-3;/h7H,5-6H2,1-4H3,(H,11,14)(H,12,13);6-7H,4-5,9H2,1-3H3;1H/t2*7-;/m00./s1. The highest BCUT2D eigenvalue weighted by atomic mass is 35.5. The van der Waals surface area contributed by atoms with Crippen molar-refractivity contribution in [2.24, 2.45) is 5.73 Å². The van der Waals surface area contributed by atoms with E-state index in [1.807, 2.05) is 26.4 Å². The number of aliphatic carboxylic acids is 1. The summed E-state index contributed by atoms with van der Waals surface area (Å²) in [5.41, 5.74) is 4.95. The first-order chi connectivity index (χ1) is 12.8. The van der Waals surface area contributed by atoms with E-state index in [4.69, 9.17) is 20.3 Å². The molecule has 0 saturated carbocycles. The Kier molecular flexibility index (Phi) is 20.3.